The largest absolute Gasteiger partial charge is 0.475 e. The van der Waals surface area contributed by atoms with Crippen molar-refractivity contribution in [3.05, 3.63) is 147 Å². The van der Waals surface area contributed by atoms with E-state index in [1.807, 2.05) is 0 Å². The number of aliphatic hydroxyl groups is 1. The Bertz CT molecular complexity index is 6630. The van der Waals surface area contributed by atoms with Crippen LogP contribution in [0.3, 0.4) is 0 Å². The van der Waals surface area contributed by atoms with Gasteiger partial charge in [0.05, 0.1) is 72.4 Å². The number of hydrogen-bond acceptors (Lipinski definition) is 47. The molecule has 0 aromatic carbocycles. The van der Waals surface area contributed by atoms with E-state index in [2.05, 4.69) is 34.9 Å². The molecule has 0 aliphatic carbocycles. The number of fused-ring (bicyclic) bond motifs is 1. The second kappa shape index (κ2) is 50.4. The van der Waals surface area contributed by atoms with Crippen molar-refractivity contribution in [2.45, 2.75) is 256 Å². The van der Waals surface area contributed by atoms with Crippen molar-refractivity contribution < 1.29 is 144 Å². The maximum absolute atomic E-state index is 16.4. The smallest absolute Gasteiger partial charge is 0.394 e. The summed E-state index contributed by atoms with van der Waals surface area (Å²) in [6.45, 7) is 22.1. The van der Waals surface area contributed by atoms with Gasteiger partial charge in [0.1, 0.15) is 92.2 Å². The van der Waals surface area contributed by atoms with E-state index in [9.17, 15) is 81.7 Å². The Balaban J connectivity index is 0.955. The summed E-state index contributed by atoms with van der Waals surface area (Å²) in [4.78, 5) is 217. The van der Waals surface area contributed by atoms with Crippen LogP contribution in [0.25, 0.3) is 11.2 Å². The fourth-order valence-corrected chi connectivity index (χ4v) is 25.5. The van der Waals surface area contributed by atoms with Crippen LogP contribution in [-0.2, 0) is 134 Å². The third kappa shape index (κ3) is 33.2. The highest BCUT2D eigenvalue weighted by Gasteiger charge is 2.53. The first-order chi connectivity index (χ1) is 68.8. The van der Waals surface area contributed by atoms with Gasteiger partial charge in [-0.2, -0.15) is 4.98 Å². The number of nitrogens with one attached hydrogen (secondary N) is 5. The number of ether oxygens (including phenoxy) is 5. The van der Waals surface area contributed by atoms with E-state index < -0.39 is 301 Å². The lowest BCUT2D eigenvalue weighted by Crippen LogP contribution is -2.34. The minimum atomic E-state index is -5.54. The topological polar surface area (TPSA) is 696 Å². The molecule has 9 N–H and O–H groups in total. The molecule has 0 spiro atoms. The quantitative estimate of drug-likeness (QED) is 0.0131. The lowest BCUT2D eigenvalue weighted by molar-refractivity contribution is -0.118. The summed E-state index contributed by atoms with van der Waals surface area (Å²) in [5, 5.41) is 9.08. The van der Waals surface area contributed by atoms with Gasteiger partial charge in [-0.05, 0) is 27.7 Å². The molecule has 11 rings (SSSR count). The standard InChI is InChI=1S/C85H126N13O40P5S5/c1-45-35-94(77(110)90-66(45)100)59-30-49(54(39-99)129-59)135-140(116,121-21-26-145-72(106)82(8,9)10)126-43-58-53(34-63(133-58)98-44-87-64-65(98)88-76(86)89-70(64)104)138-143(119,124-24-29-148-75(109)85(17,18)19)128-42-57-52(33-62(132-57)97-38-48(4)69(103)93-80(97)113)137-142(118,123-23-28-147-74(108)84(14,15)16)127-41-56-51(32-61(131-56)96-37-47(3)68(102)92-79(96)112)136-141(117,122-22-27-146-73(107)83(11,12)13)125-40-55-50(31-60(130-55)95-36-46(2)67(101)91-78(95)111)134-139(114,115)120-20-25-144-71(105)81(5,6)7/h35-38,44,49-63,99H,20-34,39-43H2,1-19H3,(H,114,115)(H,90,100,110)(H,91,101,111)(H,92,102,112)(H,93,103,113)(H3,86,88,89,104)/t49-,50-,51-,52-,53-,54+,55+,56+,57+,58+,59+,60+,61+,62+,63+,140?,141?,142?,143?/m0/s1. The normalized spacial score (nSPS) is 24.7. The number of nitrogen functional groups attached to an aromatic ring is 1. The maximum Gasteiger partial charge on any atom is 0.475 e. The summed E-state index contributed by atoms with van der Waals surface area (Å²) in [5.41, 5.74) is -6.91. The van der Waals surface area contributed by atoms with Crippen molar-refractivity contribution in [3.63, 3.8) is 0 Å². The van der Waals surface area contributed by atoms with Crippen LogP contribution >= 0.6 is 97.9 Å². The van der Waals surface area contributed by atoms with E-state index >= 15 is 18.3 Å². The number of nitrogens with zero attached hydrogens (tertiary/aromatic N) is 7. The molecule has 5 saturated heterocycles. The number of aromatic amines is 5. The molecular weight excluding hydrogens is 2160 g/mol. The van der Waals surface area contributed by atoms with E-state index in [0.29, 0.717) is 0 Å². The number of nitrogens with two attached hydrogens (primary N) is 1. The monoisotopic (exact) mass is 2280 g/mol. The number of aromatic nitrogens is 12. The van der Waals surface area contributed by atoms with Crippen molar-refractivity contribution in [2.75, 3.05) is 101 Å². The molecule has 20 atom stereocenters. The second-order valence-corrected chi connectivity index (χ2v) is 53.2. The van der Waals surface area contributed by atoms with Crippen LogP contribution in [0.2, 0.25) is 0 Å². The van der Waals surface area contributed by atoms with E-state index in [1.54, 1.807) is 104 Å². The number of thioether (sulfide) groups is 5. The molecule has 5 unspecified atom stereocenters. The summed E-state index contributed by atoms with van der Waals surface area (Å²) in [6.07, 6.45) is -21.1. The van der Waals surface area contributed by atoms with Crippen LogP contribution in [0.1, 0.15) is 189 Å². The molecular formula is C85H126N13O40P5S5. The van der Waals surface area contributed by atoms with Gasteiger partial charge in [0.2, 0.25) is 5.95 Å². The Morgan fingerprint density at radius 2 is 0.601 bits per heavy atom. The van der Waals surface area contributed by atoms with E-state index in [1.165, 1.54) is 38.5 Å². The number of aryl methyl sites for hydroxylation is 4. The molecule has 11 heterocycles. The first-order valence-electron chi connectivity index (χ1n) is 46.6. The van der Waals surface area contributed by atoms with E-state index in [4.69, 9.17) is 92.8 Å². The number of carbonyl (C=O) groups excluding carboxylic acids is 5. The van der Waals surface area contributed by atoms with Gasteiger partial charge in [0.25, 0.3) is 27.8 Å². The molecule has 5 fully saturated rings. The number of imidazole rings is 1. The van der Waals surface area contributed by atoms with Crippen LogP contribution in [0.4, 0.5) is 5.95 Å². The minimum Gasteiger partial charge on any atom is -0.394 e. The minimum absolute atomic E-state index is 0.0132. The lowest BCUT2D eigenvalue weighted by atomic mass is 9.99. The summed E-state index contributed by atoms with van der Waals surface area (Å²) in [5.74, 6) is -1.45. The zero-order chi connectivity index (χ0) is 109. The highest BCUT2D eigenvalue weighted by atomic mass is 32.2. The maximum atomic E-state index is 16.4. The molecule has 5 aliphatic heterocycles. The molecule has 0 saturated carbocycles. The average molecular weight is 2290 g/mol. The third-order valence-corrected chi connectivity index (χ3v) is 35.7. The summed E-state index contributed by atoms with van der Waals surface area (Å²) in [7, 11) is -26.8. The molecule has 6 aromatic heterocycles. The SMILES string of the molecule is Cc1cn([C@H]2C[C@H](OP(=O)(O)OCCSC(=O)C(C)(C)C)[C@@H](COP(=O)(OCCSC(=O)C(C)(C)C)O[C@H]3C[C@H](n4cc(C)c(=O)[nH]c4=O)O[C@@H]3COP(=O)(OCCSC(=O)C(C)(C)C)O[C@H]3C[C@H](n4cc(C)c(=O)[nH]c4=O)O[C@@H]3COP(=O)(OCCSC(=O)C(C)(C)C)O[C@H]3C[C@H](n4cnc5c(=O)[nH]c(N)nc54)O[C@@H]3COP(=O)(OCCSC(=O)C(C)(C)C)O[C@H]3C[C@H](n4cc(C)c(=O)[nH]c4=O)O[C@@H]3CO)O2)c(=O)[nH]c1=O. The molecule has 6 aromatic rings. The van der Waals surface area contributed by atoms with Crippen molar-refractivity contribution in [1.29, 1.82) is 0 Å². The molecule has 0 bridgehead atoms. The predicted molar refractivity (Wildman–Crippen MR) is 539 cm³/mol. The molecule has 0 radical (unpaired) electrons. The summed E-state index contributed by atoms with van der Waals surface area (Å²) < 4.78 is 201. The molecule has 5 aliphatic rings. The van der Waals surface area contributed by atoms with Crippen molar-refractivity contribution in [2.24, 2.45) is 27.1 Å². The number of anilines is 1. The van der Waals surface area contributed by atoms with Gasteiger partial charge >= 0.3 is 61.9 Å². The third-order valence-electron chi connectivity index (χ3n) is 22.5. The molecule has 826 valence electrons. The molecule has 0 amide bonds. The van der Waals surface area contributed by atoms with Crippen LogP contribution < -0.4 is 56.3 Å². The van der Waals surface area contributed by atoms with Gasteiger partial charge < -0.3 is 39.4 Å². The number of H-pyrrole nitrogens is 5. The Hall–Kier alpha value is -6.72. The molecule has 148 heavy (non-hydrogen) atoms. The summed E-state index contributed by atoms with van der Waals surface area (Å²) >= 11 is 3.88. The number of phosphoric ester groups is 5. The number of hydrogen-bond donors (Lipinski definition) is 8. The zero-order valence-electron chi connectivity index (χ0n) is 84.6. The van der Waals surface area contributed by atoms with Crippen molar-refractivity contribution in [1.82, 2.24) is 57.7 Å². The lowest BCUT2D eigenvalue weighted by Gasteiger charge is -2.29. The fraction of sp³-hybridized carbons (Fsp3) is 0.694. The Labute approximate surface area is 867 Å². The molecule has 63 heteroatoms. The fourth-order valence-electron chi connectivity index (χ4n) is 14.4. The van der Waals surface area contributed by atoms with Gasteiger partial charge in [-0.25, -0.2) is 47.0 Å². The number of rotatable bonds is 48. The van der Waals surface area contributed by atoms with Crippen molar-refractivity contribution in [3.8, 4) is 0 Å². The number of phosphoric acid groups is 5. The molecule has 53 nitrogen and oxygen atoms in total. The Morgan fingerprint density at radius 1 is 0.365 bits per heavy atom. The van der Waals surface area contributed by atoms with Gasteiger partial charge in [-0.3, -0.25) is 159 Å². The van der Waals surface area contributed by atoms with Gasteiger partial charge in [0, 0.05) is 135 Å². The van der Waals surface area contributed by atoms with Crippen molar-refractivity contribution >= 4 is 141 Å². The first-order valence-corrected chi connectivity index (χ1v) is 58.8. The van der Waals surface area contributed by atoms with Crippen LogP contribution in [0, 0.1) is 54.8 Å². The number of carbonyl (C=O) groups is 5. The van der Waals surface area contributed by atoms with Crippen LogP contribution in [0.5, 0.6) is 0 Å². The van der Waals surface area contributed by atoms with Crippen LogP contribution in [-0.4, -0.2) is 249 Å². The predicted octanol–water partition coefficient (Wildman–Crippen LogP) is 8.70. The zero-order valence-corrected chi connectivity index (χ0v) is 93.1. The average Bonchev–Trinajstić information content (AvgIpc) is 1.77. The first kappa shape index (κ1) is 121. The summed E-state index contributed by atoms with van der Waals surface area (Å²) in [6, 6.07) is 0. The highest BCUT2D eigenvalue weighted by molar-refractivity contribution is 8.14. The Morgan fingerprint density at radius 3 is 0.858 bits per heavy atom. The van der Waals surface area contributed by atoms with Gasteiger partial charge in [0.15, 0.2) is 36.7 Å². The van der Waals surface area contributed by atoms with Gasteiger partial charge in [-0.1, -0.05) is 163 Å². The van der Waals surface area contributed by atoms with E-state index in [0.717, 1.165) is 102 Å². The Kier molecular flexibility index (Phi) is 41.4. The highest BCUT2D eigenvalue weighted by Crippen LogP contribution is 2.61. The van der Waals surface area contributed by atoms with Gasteiger partial charge in [-0.15, -0.1) is 0 Å². The van der Waals surface area contributed by atoms with E-state index in [-0.39, 0.29) is 100 Å². The second-order valence-electron chi connectivity index (χ2n) is 40.0. The van der Waals surface area contributed by atoms with Crippen LogP contribution in [0.15, 0.2) is 74.3 Å². The number of aliphatic hydroxyl groups excluding tert-OH is 1.